The second kappa shape index (κ2) is 16.1. The van der Waals surface area contributed by atoms with E-state index < -0.39 is 0 Å². The number of nitrogens with one attached hydrogen (secondary N) is 3. The van der Waals surface area contributed by atoms with Crippen LogP contribution in [0.15, 0.2) is 4.99 Å². The van der Waals surface area contributed by atoms with E-state index in [9.17, 15) is 4.79 Å². The summed E-state index contributed by atoms with van der Waals surface area (Å²) < 4.78 is 5.50. The van der Waals surface area contributed by atoms with Crippen LogP contribution in [0, 0.1) is 0 Å². The Morgan fingerprint density at radius 3 is 2.41 bits per heavy atom. The molecule has 0 radical (unpaired) electrons. The van der Waals surface area contributed by atoms with Gasteiger partial charge in [0.15, 0.2) is 5.96 Å². The summed E-state index contributed by atoms with van der Waals surface area (Å²) in [5.41, 5.74) is 0. The maximum Gasteiger partial charge on any atom is 0.221 e. The van der Waals surface area contributed by atoms with Crippen molar-refractivity contribution in [3.63, 3.8) is 0 Å². The second-order valence-electron chi connectivity index (χ2n) is 5.11. The predicted molar refractivity (Wildman–Crippen MR) is 92.2 cm³/mol. The highest BCUT2D eigenvalue weighted by Crippen LogP contribution is 1.90. The molecule has 0 aromatic rings. The summed E-state index contributed by atoms with van der Waals surface area (Å²) in [4.78, 5) is 16.0. The van der Waals surface area contributed by atoms with Crippen molar-refractivity contribution in [2.24, 2.45) is 4.99 Å². The molecule has 0 atom stereocenters. The molecule has 0 unspecified atom stereocenters. The molecule has 130 valence electrons. The van der Waals surface area contributed by atoms with Crippen molar-refractivity contribution in [2.75, 3.05) is 39.4 Å². The van der Waals surface area contributed by atoms with Gasteiger partial charge in [-0.25, -0.2) is 0 Å². The number of unbranched alkanes of at least 4 members (excludes halogenated alkanes) is 1. The summed E-state index contributed by atoms with van der Waals surface area (Å²) in [6.45, 7) is 10.7. The monoisotopic (exact) mass is 314 g/mol. The quantitative estimate of drug-likeness (QED) is 0.275. The normalized spacial score (nSPS) is 11.3. The molecule has 0 rings (SSSR count). The second-order valence-corrected chi connectivity index (χ2v) is 5.11. The first-order chi connectivity index (χ1) is 10.7. The summed E-state index contributed by atoms with van der Waals surface area (Å²) in [5, 5.41) is 9.21. The first-order valence-corrected chi connectivity index (χ1v) is 8.61. The lowest BCUT2D eigenvalue weighted by molar-refractivity contribution is -0.120. The van der Waals surface area contributed by atoms with Crippen LogP contribution in [-0.4, -0.2) is 51.3 Å². The van der Waals surface area contributed by atoms with Crippen LogP contribution in [0.25, 0.3) is 0 Å². The summed E-state index contributed by atoms with van der Waals surface area (Å²) in [7, 11) is 0. The van der Waals surface area contributed by atoms with Gasteiger partial charge in [0.05, 0.1) is 0 Å². The third-order valence-corrected chi connectivity index (χ3v) is 2.92. The first kappa shape index (κ1) is 20.7. The third kappa shape index (κ3) is 13.7. The van der Waals surface area contributed by atoms with E-state index >= 15 is 0 Å². The Labute approximate surface area is 135 Å². The predicted octanol–water partition coefficient (Wildman–Crippen LogP) is 1.66. The molecule has 0 saturated heterocycles. The fraction of sp³-hybridized carbons (Fsp3) is 0.875. The van der Waals surface area contributed by atoms with Gasteiger partial charge in [-0.15, -0.1) is 0 Å². The minimum absolute atomic E-state index is 0.0783. The third-order valence-electron chi connectivity index (χ3n) is 2.92. The molecule has 0 aliphatic rings. The molecule has 0 spiro atoms. The SMILES string of the molecule is CCCCOCCCN=C(NCC)NCCC(=O)NCCC. The number of hydrogen-bond donors (Lipinski definition) is 3. The molecule has 0 aliphatic carbocycles. The highest BCUT2D eigenvalue weighted by Gasteiger charge is 2.01. The lowest BCUT2D eigenvalue weighted by atomic mass is 10.3. The lowest BCUT2D eigenvalue weighted by Gasteiger charge is -2.11. The lowest BCUT2D eigenvalue weighted by Crippen LogP contribution is -2.39. The van der Waals surface area contributed by atoms with Crippen LogP contribution in [0.5, 0.6) is 0 Å². The van der Waals surface area contributed by atoms with Crippen molar-refractivity contribution in [2.45, 2.75) is 52.9 Å². The molecule has 0 bridgehead atoms. The van der Waals surface area contributed by atoms with Gasteiger partial charge in [-0.3, -0.25) is 9.79 Å². The molecule has 0 aromatic heterocycles. The number of rotatable bonds is 13. The van der Waals surface area contributed by atoms with Crippen molar-refractivity contribution < 1.29 is 9.53 Å². The summed E-state index contributed by atoms with van der Waals surface area (Å²) >= 11 is 0. The van der Waals surface area contributed by atoms with Crippen molar-refractivity contribution in [3.05, 3.63) is 0 Å². The van der Waals surface area contributed by atoms with E-state index in [0.717, 1.165) is 58.1 Å². The van der Waals surface area contributed by atoms with E-state index in [1.54, 1.807) is 0 Å². The fourth-order valence-corrected chi connectivity index (χ4v) is 1.69. The summed E-state index contributed by atoms with van der Waals surface area (Å²) in [5.74, 6) is 0.842. The Morgan fingerprint density at radius 1 is 0.955 bits per heavy atom. The highest BCUT2D eigenvalue weighted by molar-refractivity contribution is 5.81. The number of carbonyl (C=O) groups excluding carboxylic acids is 1. The minimum atomic E-state index is 0.0783. The van der Waals surface area contributed by atoms with Crippen LogP contribution in [0.1, 0.15) is 52.9 Å². The van der Waals surface area contributed by atoms with Crippen LogP contribution in [0.4, 0.5) is 0 Å². The van der Waals surface area contributed by atoms with E-state index in [4.69, 9.17) is 4.74 Å². The van der Waals surface area contributed by atoms with Gasteiger partial charge < -0.3 is 20.7 Å². The van der Waals surface area contributed by atoms with Crippen LogP contribution in [0.3, 0.4) is 0 Å². The molecule has 0 fully saturated rings. The van der Waals surface area contributed by atoms with Gasteiger partial charge >= 0.3 is 0 Å². The van der Waals surface area contributed by atoms with Crippen molar-refractivity contribution >= 4 is 11.9 Å². The van der Waals surface area contributed by atoms with E-state index in [0.29, 0.717) is 13.0 Å². The number of guanidine groups is 1. The molecule has 6 nitrogen and oxygen atoms in total. The minimum Gasteiger partial charge on any atom is -0.381 e. The zero-order valence-corrected chi connectivity index (χ0v) is 14.5. The molecular weight excluding hydrogens is 280 g/mol. The number of nitrogens with zero attached hydrogens (tertiary/aromatic N) is 1. The smallest absolute Gasteiger partial charge is 0.221 e. The Morgan fingerprint density at radius 2 is 1.73 bits per heavy atom. The van der Waals surface area contributed by atoms with Gasteiger partial charge in [-0.05, 0) is 26.2 Å². The number of aliphatic imine (C=N–C) groups is 1. The Bertz CT molecular complexity index is 296. The van der Waals surface area contributed by atoms with Crippen molar-refractivity contribution in [3.8, 4) is 0 Å². The zero-order valence-electron chi connectivity index (χ0n) is 14.5. The molecule has 0 saturated carbocycles. The average molecular weight is 314 g/mol. The largest absolute Gasteiger partial charge is 0.381 e. The molecule has 0 aliphatic heterocycles. The van der Waals surface area contributed by atoms with E-state index in [2.05, 4.69) is 27.9 Å². The molecule has 22 heavy (non-hydrogen) atoms. The Hall–Kier alpha value is -1.30. The molecule has 6 heteroatoms. The highest BCUT2D eigenvalue weighted by atomic mass is 16.5. The topological polar surface area (TPSA) is 74.8 Å². The van der Waals surface area contributed by atoms with Gasteiger partial charge in [-0.2, -0.15) is 0 Å². The van der Waals surface area contributed by atoms with Gasteiger partial charge in [0.25, 0.3) is 0 Å². The summed E-state index contributed by atoms with van der Waals surface area (Å²) in [6.07, 6.45) is 4.62. The zero-order chi connectivity index (χ0) is 16.5. The number of hydrogen-bond acceptors (Lipinski definition) is 3. The van der Waals surface area contributed by atoms with Crippen LogP contribution in [0.2, 0.25) is 0 Å². The Kier molecular flexibility index (Phi) is 15.1. The Balaban J connectivity index is 3.78. The van der Waals surface area contributed by atoms with E-state index in [-0.39, 0.29) is 5.91 Å². The molecular formula is C16H34N4O2. The first-order valence-electron chi connectivity index (χ1n) is 8.61. The van der Waals surface area contributed by atoms with Gasteiger partial charge in [0.2, 0.25) is 5.91 Å². The average Bonchev–Trinajstić information content (AvgIpc) is 2.52. The fourth-order valence-electron chi connectivity index (χ4n) is 1.69. The van der Waals surface area contributed by atoms with Crippen LogP contribution in [-0.2, 0) is 9.53 Å². The molecule has 3 N–H and O–H groups in total. The molecule has 0 heterocycles. The summed E-state index contributed by atoms with van der Waals surface area (Å²) in [6, 6.07) is 0. The standard InChI is InChI=1S/C16H34N4O2/c1-4-7-13-22-14-8-11-19-16(17-6-3)20-12-9-15(21)18-10-5-2/h4-14H2,1-3H3,(H,18,21)(H2,17,19,20). The van der Waals surface area contributed by atoms with Gasteiger partial charge in [-0.1, -0.05) is 20.3 Å². The molecule has 1 amide bonds. The van der Waals surface area contributed by atoms with Gasteiger partial charge in [0.1, 0.15) is 0 Å². The van der Waals surface area contributed by atoms with E-state index in [1.807, 2.05) is 13.8 Å². The number of amides is 1. The van der Waals surface area contributed by atoms with Crippen molar-refractivity contribution in [1.29, 1.82) is 0 Å². The van der Waals surface area contributed by atoms with Crippen molar-refractivity contribution in [1.82, 2.24) is 16.0 Å². The molecule has 0 aromatic carbocycles. The van der Waals surface area contributed by atoms with Gasteiger partial charge in [0, 0.05) is 45.8 Å². The van der Waals surface area contributed by atoms with Crippen LogP contribution >= 0.6 is 0 Å². The van der Waals surface area contributed by atoms with E-state index in [1.165, 1.54) is 6.42 Å². The van der Waals surface area contributed by atoms with Crippen LogP contribution < -0.4 is 16.0 Å². The number of ether oxygens (including phenoxy) is 1. The number of carbonyl (C=O) groups is 1. The maximum atomic E-state index is 11.5. The maximum absolute atomic E-state index is 11.5.